The molecule has 1 aliphatic rings. The van der Waals surface area contributed by atoms with Crippen LogP contribution in [0.2, 0.25) is 0 Å². The monoisotopic (exact) mass is 493 g/mol. The predicted molar refractivity (Wildman–Crippen MR) is 108 cm³/mol. The Labute approximate surface area is 190 Å². The van der Waals surface area contributed by atoms with Crippen LogP contribution in [0.1, 0.15) is 29.4 Å². The normalized spacial score (nSPS) is 19.9. The molecule has 1 aliphatic heterocycles. The van der Waals surface area contributed by atoms with Gasteiger partial charge in [0, 0.05) is 17.4 Å². The van der Waals surface area contributed by atoms with Crippen LogP contribution >= 0.6 is 0 Å². The van der Waals surface area contributed by atoms with E-state index < -0.39 is 48.5 Å². The molecule has 1 saturated heterocycles. The topological polar surface area (TPSA) is 104 Å². The third kappa shape index (κ3) is 7.33. The second-order valence-electron chi connectivity index (χ2n) is 7.32. The Morgan fingerprint density at radius 1 is 1.26 bits per heavy atom. The number of amides is 2. The highest BCUT2D eigenvalue weighted by Crippen LogP contribution is 2.37. The smallest absolute Gasteiger partial charge is 0.414 e. The number of pyridine rings is 1. The summed E-state index contributed by atoms with van der Waals surface area (Å²) >= 11 is 0. The third-order valence-electron chi connectivity index (χ3n) is 4.74. The number of nitrogens with one attached hydrogen (secondary N) is 1. The number of rotatable bonds is 5. The van der Waals surface area contributed by atoms with E-state index in [1.165, 1.54) is 50.4 Å². The number of carbonyl (C=O) groups excluding carboxylic acids is 2. The van der Waals surface area contributed by atoms with Crippen molar-refractivity contribution in [3.63, 3.8) is 0 Å². The van der Waals surface area contributed by atoms with Gasteiger partial charge in [-0.2, -0.15) is 22.0 Å². The number of nitrogens with two attached hydrogens (primary N) is 1. The first-order valence-corrected chi connectivity index (χ1v) is 9.78. The van der Waals surface area contributed by atoms with Gasteiger partial charge in [-0.05, 0) is 43.5 Å². The maximum atomic E-state index is 12.7. The van der Waals surface area contributed by atoms with Crippen LogP contribution in [0.5, 0.6) is 5.75 Å². The summed E-state index contributed by atoms with van der Waals surface area (Å²) in [5.74, 6) is -2.97. The van der Waals surface area contributed by atoms with Crippen molar-refractivity contribution in [2.24, 2.45) is 11.7 Å². The highest BCUT2D eigenvalue weighted by molar-refractivity contribution is 5.96. The maximum absolute atomic E-state index is 12.7. The van der Waals surface area contributed by atoms with Gasteiger partial charge in [-0.3, -0.25) is 14.6 Å². The lowest BCUT2D eigenvalue weighted by molar-refractivity contribution is -0.221. The van der Waals surface area contributed by atoms with E-state index >= 15 is 0 Å². The maximum Gasteiger partial charge on any atom is 0.414 e. The van der Waals surface area contributed by atoms with Crippen LogP contribution in [0.4, 0.5) is 32.0 Å². The quantitative estimate of drug-likeness (QED) is 0.608. The average molecular weight is 493 g/mol. The lowest BCUT2D eigenvalue weighted by Crippen LogP contribution is -2.35. The minimum Gasteiger partial charge on any atom is -0.434 e. The van der Waals surface area contributed by atoms with Crippen molar-refractivity contribution < 1.29 is 45.4 Å². The fourth-order valence-corrected chi connectivity index (χ4v) is 3.07. The van der Waals surface area contributed by atoms with E-state index in [1.54, 1.807) is 0 Å². The Balaban J connectivity index is 0.000000287. The standard InChI is InChI=1S/C13H14F3N3O3.C8H7F3O/c1-6-4-9(22-10(6)13(14,15)16)12(21)19-7-2-3-18-8(5-7)11(17)20;1-5-6(9)3-2-4-7(5)12-8(10)11/h2-3,5-6,9-10H,4H2,1H3,(H2,17,20)(H,18,19,21);2-4,8H,1H3. The molecule has 1 aromatic carbocycles. The van der Waals surface area contributed by atoms with E-state index in [0.29, 0.717) is 0 Å². The molecule has 0 bridgehead atoms. The summed E-state index contributed by atoms with van der Waals surface area (Å²) < 4.78 is 83.0. The minimum atomic E-state index is -4.51. The molecule has 2 amide bonds. The zero-order valence-corrected chi connectivity index (χ0v) is 17.9. The summed E-state index contributed by atoms with van der Waals surface area (Å²) in [6.07, 6.45) is -6.45. The van der Waals surface area contributed by atoms with Gasteiger partial charge in [0.15, 0.2) is 6.10 Å². The van der Waals surface area contributed by atoms with Crippen LogP contribution in [0.3, 0.4) is 0 Å². The third-order valence-corrected chi connectivity index (χ3v) is 4.74. The van der Waals surface area contributed by atoms with Crippen molar-refractivity contribution in [2.45, 2.75) is 45.3 Å². The second-order valence-corrected chi connectivity index (χ2v) is 7.32. The van der Waals surface area contributed by atoms with E-state index in [9.17, 15) is 35.9 Å². The number of benzene rings is 1. The molecule has 34 heavy (non-hydrogen) atoms. The van der Waals surface area contributed by atoms with Crippen molar-refractivity contribution in [3.8, 4) is 5.75 Å². The van der Waals surface area contributed by atoms with Crippen molar-refractivity contribution in [1.29, 1.82) is 0 Å². The fraction of sp³-hybridized carbons (Fsp3) is 0.381. The average Bonchev–Trinajstić information content (AvgIpc) is 3.14. The number of primary amides is 1. The summed E-state index contributed by atoms with van der Waals surface area (Å²) in [6, 6.07) is 6.43. The Morgan fingerprint density at radius 2 is 1.94 bits per heavy atom. The fourth-order valence-electron chi connectivity index (χ4n) is 3.07. The molecule has 2 heterocycles. The van der Waals surface area contributed by atoms with E-state index in [-0.39, 0.29) is 29.1 Å². The molecule has 7 nitrogen and oxygen atoms in total. The number of carbonyl (C=O) groups is 2. The molecule has 186 valence electrons. The molecule has 2 aromatic rings. The number of ether oxygens (including phenoxy) is 2. The Bertz CT molecular complexity index is 1020. The van der Waals surface area contributed by atoms with Crippen LogP contribution in [-0.4, -0.2) is 41.8 Å². The first-order chi connectivity index (χ1) is 15.8. The SMILES string of the molecule is CC1CC(C(=O)Nc2ccnc(C(N)=O)c2)OC1C(F)(F)F.Cc1c(F)cccc1OC(F)F. The zero-order chi connectivity index (χ0) is 25.6. The molecule has 0 saturated carbocycles. The van der Waals surface area contributed by atoms with Crippen molar-refractivity contribution in [1.82, 2.24) is 4.98 Å². The number of nitrogens with zero attached hydrogens (tertiary/aromatic N) is 1. The number of alkyl halides is 5. The van der Waals surface area contributed by atoms with Gasteiger partial charge in [-0.15, -0.1) is 0 Å². The van der Waals surface area contributed by atoms with E-state index in [0.717, 1.165) is 0 Å². The van der Waals surface area contributed by atoms with Crippen LogP contribution in [0.15, 0.2) is 36.5 Å². The number of hydrogen-bond donors (Lipinski definition) is 2. The highest BCUT2D eigenvalue weighted by Gasteiger charge is 2.51. The lowest BCUT2D eigenvalue weighted by Gasteiger charge is -2.18. The zero-order valence-electron chi connectivity index (χ0n) is 17.9. The van der Waals surface area contributed by atoms with Crippen LogP contribution < -0.4 is 15.8 Å². The number of hydrogen-bond acceptors (Lipinski definition) is 5. The molecule has 0 aliphatic carbocycles. The molecule has 3 rings (SSSR count). The molecule has 3 unspecified atom stereocenters. The molecule has 0 radical (unpaired) electrons. The molecule has 1 aromatic heterocycles. The van der Waals surface area contributed by atoms with Gasteiger partial charge in [0.05, 0.1) is 0 Å². The van der Waals surface area contributed by atoms with Crippen LogP contribution in [0, 0.1) is 18.7 Å². The second kappa shape index (κ2) is 11.2. The summed E-state index contributed by atoms with van der Waals surface area (Å²) in [4.78, 5) is 26.7. The van der Waals surface area contributed by atoms with Gasteiger partial charge in [0.2, 0.25) is 0 Å². The summed E-state index contributed by atoms with van der Waals surface area (Å²) in [6.45, 7) is -0.152. The van der Waals surface area contributed by atoms with Crippen LogP contribution in [0.25, 0.3) is 0 Å². The van der Waals surface area contributed by atoms with Gasteiger partial charge in [-0.1, -0.05) is 13.0 Å². The van der Waals surface area contributed by atoms with Crippen LogP contribution in [-0.2, 0) is 9.53 Å². The minimum absolute atomic E-state index is 0.0379. The van der Waals surface area contributed by atoms with Gasteiger partial charge < -0.3 is 20.5 Å². The van der Waals surface area contributed by atoms with Crippen molar-refractivity contribution >= 4 is 17.5 Å². The summed E-state index contributed by atoms with van der Waals surface area (Å²) in [5.41, 5.74) is 5.30. The molecular weight excluding hydrogens is 472 g/mol. The van der Waals surface area contributed by atoms with Crippen molar-refractivity contribution in [3.05, 3.63) is 53.6 Å². The van der Waals surface area contributed by atoms with E-state index in [4.69, 9.17) is 10.5 Å². The molecule has 13 heteroatoms. The molecule has 0 spiro atoms. The first kappa shape index (κ1) is 26.9. The number of halogens is 6. The lowest BCUT2D eigenvalue weighted by atomic mass is 10.0. The molecular formula is C21H21F6N3O4. The highest BCUT2D eigenvalue weighted by atomic mass is 19.4. The van der Waals surface area contributed by atoms with Gasteiger partial charge in [-0.25, -0.2) is 4.39 Å². The van der Waals surface area contributed by atoms with Crippen molar-refractivity contribution in [2.75, 3.05) is 5.32 Å². The Morgan fingerprint density at radius 3 is 2.50 bits per heavy atom. The summed E-state index contributed by atoms with van der Waals surface area (Å²) in [7, 11) is 0. The molecule has 3 N–H and O–H groups in total. The van der Waals surface area contributed by atoms with Gasteiger partial charge in [0.1, 0.15) is 23.4 Å². The van der Waals surface area contributed by atoms with E-state index in [1.807, 2.05) is 0 Å². The Kier molecular flexibility index (Phi) is 8.85. The summed E-state index contributed by atoms with van der Waals surface area (Å²) in [5, 5.41) is 2.39. The first-order valence-electron chi connectivity index (χ1n) is 9.78. The predicted octanol–water partition coefficient (Wildman–Crippen LogP) is 4.21. The Hall–Kier alpha value is -3.35. The largest absolute Gasteiger partial charge is 0.434 e. The van der Waals surface area contributed by atoms with Gasteiger partial charge in [0.25, 0.3) is 11.8 Å². The van der Waals surface area contributed by atoms with E-state index in [2.05, 4.69) is 15.0 Å². The number of aromatic nitrogens is 1. The molecule has 1 fully saturated rings. The molecule has 3 atom stereocenters. The van der Waals surface area contributed by atoms with Gasteiger partial charge >= 0.3 is 12.8 Å². The number of anilines is 1.